The van der Waals surface area contributed by atoms with E-state index < -0.39 is 0 Å². The van der Waals surface area contributed by atoms with Crippen LogP contribution < -0.4 is 10.5 Å². The molecule has 0 aliphatic carbocycles. The van der Waals surface area contributed by atoms with E-state index in [0.717, 1.165) is 5.75 Å². The van der Waals surface area contributed by atoms with Crippen LogP contribution in [0.3, 0.4) is 0 Å². The summed E-state index contributed by atoms with van der Waals surface area (Å²) < 4.78 is 5.89. The number of nitrogens with zero attached hydrogens (tertiary/aromatic N) is 1. The van der Waals surface area contributed by atoms with Crippen LogP contribution in [0.15, 0.2) is 12.1 Å². The number of ether oxygens (including phenoxy) is 1. The van der Waals surface area contributed by atoms with Gasteiger partial charge in [-0.3, -0.25) is 4.90 Å². The van der Waals surface area contributed by atoms with Crippen molar-refractivity contribution in [2.75, 3.05) is 19.7 Å². The summed E-state index contributed by atoms with van der Waals surface area (Å²) in [5.41, 5.74) is 10.4. The zero-order chi connectivity index (χ0) is 14.3. The van der Waals surface area contributed by atoms with Gasteiger partial charge in [-0.1, -0.05) is 13.8 Å². The number of benzene rings is 1. The van der Waals surface area contributed by atoms with E-state index in [9.17, 15) is 0 Å². The predicted octanol–water partition coefficient (Wildman–Crippen LogP) is 2.98. The summed E-state index contributed by atoms with van der Waals surface area (Å²) in [7, 11) is 0. The van der Waals surface area contributed by atoms with Gasteiger partial charge in [0.25, 0.3) is 0 Å². The highest BCUT2D eigenvalue weighted by Gasteiger charge is 2.35. The fourth-order valence-electron chi connectivity index (χ4n) is 3.69. The van der Waals surface area contributed by atoms with E-state index in [0.29, 0.717) is 18.6 Å². The first-order valence-corrected chi connectivity index (χ1v) is 7.85. The number of nitrogens with two attached hydrogens (primary N) is 1. The Morgan fingerprint density at radius 2 is 1.95 bits per heavy atom. The first-order valence-electron chi connectivity index (χ1n) is 7.85. The molecular weight excluding hydrogens is 248 g/mol. The molecule has 2 heterocycles. The van der Waals surface area contributed by atoms with Gasteiger partial charge in [-0.25, -0.2) is 0 Å². The second kappa shape index (κ2) is 5.38. The lowest BCUT2D eigenvalue weighted by atomic mass is 9.88. The van der Waals surface area contributed by atoms with Gasteiger partial charge in [0.05, 0.1) is 12.1 Å². The van der Waals surface area contributed by atoms with Crippen LogP contribution in [0.5, 0.6) is 5.75 Å². The summed E-state index contributed by atoms with van der Waals surface area (Å²) in [4.78, 5) is 2.55. The second-order valence-corrected chi connectivity index (χ2v) is 6.56. The molecule has 2 aliphatic rings. The van der Waals surface area contributed by atoms with Crippen LogP contribution in [-0.4, -0.2) is 30.6 Å². The third-order valence-electron chi connectivity index (χ3n) is 4.71. The number of aryl methyl sites for hydroxylation is 1. The monoisotopic (exact) mass is 274 g/mol. The van der Waals surface area contributed by atoms with Crippen molar-refractivity contribution in [3.63, 3.8) is 0 Å². The van der Waals surface area contributed by atoms with Gasteiger partial charge in [0.1, 0.15) is 12.4 Å². The topological polar surface area (TPSA) is 38.5 Å². The normalized spacial score (nSPS) is 26.6. The van der Waals surface area contributed by atoms with E-state index in [1.54, 1.807) is 0 Å². The van der Waals surface area contributed by atoms with Crippen LogP contribution in [-0.2, 0) is 0 Å². The van der Waals surface area contributed by atoms with Gasteiger partial charge in [0, 0.05) is 5.56 Å². The molecule has 3 nitrogen and oxygen atoms in total. The van der Waals surface area contributed by atoms with Gasteiger partial charge in [0.2, 0.25) is 0 Å². The molecule has 0 saturated carbocycles. The Labute approximate surface area is 122 Å². The molecule has 110 valence electrons. The number of hydrogen-bond acceptors (Lipinski definition) is 3. The van der Waals surface area contributed by atoms with Crippen molar-refractivity contribution in [3.8, 4) is 5.75 Å². The molecule has 0 spiro atoms. The SMILES string of the molecule is Cc1cc2c(cc1C(C)C)C(N1CCCC1)C(N)CO2. The van der Waals surface area contributed by atoms with Crippen LogP contribution in [0.25, 0.3) is 0 Å². The van der Waals surface area contributed by atoms with Crippen LogP contribution in [0.1, 0.15) is 55.3 Å². The maximum atomic E-state index is 6.37. The van der Waals surface area contributed by atoms with E-state index >= 15 is 0 Å². The van der Waals surface area contributed by atoms with E-state index in [2.05, 4.69) is 37.8 Å². The Bertz CT molecular complexity index is 492. The van der Waals surface area contributed by atoms with Gasteiger partial charge in [-0.15, -0.1) is 0 Å². The molecule has 0 bridgehead atoms. The highest BCUT2D eigenvalue weighted by Crippen LogP contribution is 2.39. The van der Waals surface area contributed by atoms with Crippen LogP contribution >= 0.6 is 0 Å². The average molecular weight is 274 g/mol. The zero-order valence-corrected chi connectivity index (χ0v) is 12.9. The van der Waals surface area contributed by atoms with Gasteiger partial charge in [-0.05, 0) is 62.0 Å². The van der Waals surface area contributed by atoms with Crippen molar-refractivity contribution in [2.45, 2.75) is 51.6 Å². The first kappa shape index (κ1) is 13.9. The number of rotatable bonds is 2. The molecule has 2 aliphatic heterocycles. The van der Waals surface area contributed by atoms with Crippen molar-refractivity contribution in [1.82, 2.24) is 4.90 Å². The molecule has 2 N–H and O–H groups in total. The molecule has 3 rings (SSSR count). The lowest BCUT2D eigenvalue weighted by Gasteiger charge is -2.38. The minimum absolute atomic E-state index is 0.0864. The van der Waals surface area contributed by atoms with Crippen molar-refractivity contribution in [1.29, 1.82) is 0 Å². The van der Waals surface area contributed by atoms with E-state index in [1.165, 1.54) is 42.6 Å². The lowest BCUT2D eigenvalue weighted by molar-refractivity contribution is 0.140. The van der Waals surface area contributed by atoms with Crippen molar-refractivity contribution in [3.05, 3.63) is 28.8 Å². The third kappa shape index (κ3) is 2.33. The van der Waals surface area contributed by atoms with Gasteiger partial charge in [-0.2, -0.15) is 0 Å². The molecule has 1 fully saturated rings. The van der Waals surface area contributed by atoms with Crippen molar-refractivity contribution < 1.29 is 4.74 Å². The van der Waals surface area contributed by atoms with Crippen LogP contribution in [0.4, 0.5) is 0 Å². The summed E-state index contributed by atoms with van der Waals surface area (Å²) in [6.07, 6.45) is 2.59. The number of hydrogen-bond donors (Lipinski definition) is 1. The summed E-state index contributed by atoms with van der Waals surface area (Å²) in [5, 5.41) is 0. The molecule has 3 heteroatoms. The van der Waals surface area contributed by atoms with Crippen LogP contribution in [0, 0.1) is 6.92 Å². The number of likely N-dealkylation sites (tertiary alicyclic amines) is 1. The maximum absolute atomic E-state index is 6.37. The molecule has 2 atom stereocenters. The Balaban J connectivity index is 2.04. The lowest BCUT2D eigenvalue weighted by Crippen LogP contribution is -2.46. The summed E-state index contributed by atoms with van der Waals surface area (Å²) in [6, 6.07) is 4.97. The minimum atomic E-state index is 0.0864. The molecule has 1 aromatic carbocycles. The van der Waals surface area contributed by atoms with E-state index in [-0.39, 0.29) is 6.04 Å². The number of fused-ring (bicyclic) bond motifs is 1. The van der Waals surface area contributed by atoms with Crippen molar-refractivity contribution in [2.24, 2.45) is 5.73 Å². The minimum Gasteiger partial charge on any atom is -0.492 e. The third-order valence-corrected chi connectivity index (χ3v) is 4.71. The zero-order valence-electron chi connectivity index (χ0n) is 12.9. The predicted molar refractivity (Wildman–Crippen MR) is 82.3 cm³/mol. The van der Waals surface area contributed by atoms with E-state index in [4.69, 9.17) is 10.5 Å². The molecule has 1 aromatic rings. The Hall–Kier alpha value is -1.06. The van der Waals surface area contributed by atoms with Crippen LogP contribution in [0.2, 0.25) is 0 Å². The molecule has 0 aromatic heterocycles. The molecule has 2 unspecified atom stereocenters. The fourth-order valence-corrected chi connectivity index (χ4v) is 3.69. The van der Waals surface area contributed by atoms with E-state index in [1.807, 2.05) is 0 Å². The Kier molecular flexibility index (Phi) is 3.74. The molecular formula is C17H26N2O. The smallest absolute Gasteiger partial charge is 0.124 e. The maximum Gasteiger partial charge on any atom is 0.124 e. The molecule has 0 radical (unpaired) electrons. The highest BCUT2D eigenvalue weighted by molar-refractivity contribution is 5.47. The molecule has 20 heavy (non-hydrogen) atoms. The fraction of sp³-hybridized carbons (Fsp3) is 0.647. The average Bonchev–Trinajstić information content (AvgIpc) is 2.91. The highest BCUT2D eigenvalue weighted by atomic mass is 16.5. The molecule has 1 saturated heterocycles. The summed E-state index contributed by atoms with van der Waals surface area (Å²) >= 11 is 0. The van der Waals surface area contributed by atoms with Crippen molar-refractivity contribution >= 4 is 0 Å². The summed E-state index contributed by atoms with van der Waals surface area (Å²) in [5.74, 6) is 1.59. The quantitative estimate of drug-likeness (QED) is 0.901. The van der Waals surface area contributed by atoms with Gasteiger partial charge < -0.3 is 10.5 Å². The molecule has 0 amide bonds. The van der Waals surface area contributed by atoms with Gasteiger partial charge >= 0.3 is 0 Å². The largest absolute Gasteiger partial charge is 0.492 e. The Morgan fingerprint density at radius 1 is 1.25 bits per heavy atom. The standard InChI is InChI=1S/C17H26N2O/c1-11(2)13-9-14-16(8-12(13)3)20-10-15(18)17(14)19-6-4-5-7-19/h8-9,11,15,17H,4-7,10,18H2,1-3H3. The second-order valence-electron chi connectivity index (χ2n) is 6.56. The Morgan fingerprint density at radius 3 is 2.60 bits per heavy atom. The first-order chi connectivity index (χ1) is 9.58. The summed E-state index contributed by atoms with van der Waals surface area (Å²) in [6.45, 7) is 9.66. The van der Waals surface area contributed by atoms with Gasteiger partial charge in [0.15, 0.2) is 0 Å².